The van der Waals surface area contributed by atoms with Crippen LogP contribution in [0.1, 0.15) is 24.2 Å². The van der Waals surface area contributed by atoms with Crippen LogP contribution in [0.2, 0.25) is 0 Å². The Bertz CT molecular complexity index is 894. The van der Waals surface area contributed by atoms with Crippen LogP contribution < -0.4 is 19.5 Å². The van der Waals surface area contributed by atoms with Crippen LogP contribution in [0.15, 0.2) is 42.5 Å². The Morgan fingerprint density at radius 1 is 0.966 bits per heavy atom. The molecule has 0 aliphatic carbocycles. The van der Waals surface area contributed by atoms with Gasteiger partial charge in [0.15, 0.2) is 30.0 Å². The van der Waals surface area contributed by atoms with Gasteiger partial charge in [-0.2, -0.15) is 0 Å². The summed E-state index contributed by atoms with van der Waals surface area (Å²) < 4.78 is 20.8. The second kappa shape index (κ2) is 10.1. The minimum absolute atomic E-state index is 0.121. The summed E-state index contributed by atoms with van der Waals surface area (Å²) in [6.45, 7) is 2.46. The first-order valence-electron chi connectivity index (χ1n) is 8.80. The van der Waals surface area contributed by atoms with Crippen molar-refractivity contribution in [3.8, 4) is 17.2 Å². The van der Waals surface area contributed by atoms with Crippen molar-refractivity contribution >= 4 is 23.3 Å². The predicted octanol–water partition coefficient (Wildman–Crippen LogP) is 2.86. The average Bonchev–Trinajstić information content (AvgIpc) is 2.72. The molecular weight excluding hydrogens is 378 g/mol. The molecule has 0 saturated heterocycles. The maximum atomic E-state index is 12.3. The summed E-state index contributed by atoms with van der Waals surface area (Å²) in [5.74, 6) is -0.280. The summed E-state index contributed by atoms with van der Waals surface area (Å²) >= 11 is 0. The van der Waals surface area contributed by atoms with Crippen molar-refractivity contribution in [2.75, 3.05) is 26.1 Å². The summed E-state index contributed by atoms with van der Waals surface area (Å²) in [7, 11) is 2.91. The van der Waals surface area contributed by atoms with E-state index in [2.05, 4.69) is 5.32 Å². The van der Waals surface area contributed by atoms with E-state index in [1.807, 2.05) is 0 Å². The molecule has 0 aromatic heterocycles. The van der Waals surface area contributed by atoms with Crippen LogP contribution in [0.4, 0.5) is 5.69 Å². The van der Waals surface area contributed by atoms with Crippen LogP contribution in [0, 0.1) is 0 Å². The van der Waals surface area contributed by atoms with E-state index in [1.54, 1.807) is 30.3 Å². The maximum Gasteiger partial charge on any atom is 0.344 e. The average molecular weight is 401 g/mol. The van der Waals surface area contributed by atoms with Gasteiger partial charge in [-0.05, 0) is 44.2 Å². The first kappa shape index (κ1) is 21.7. The smallest absolute Gasteiger partial charge is 0.344 e. The zero-order chi connectivity index (χ0) is 21.4. The zero-order valence-electron chi connectivity index (χ0n) is 16.7. The molecule has 0 fully saturated rings. The number of carbonyl (C=O) groups is 3. The first-order valence-corrected chi connectivity index (χ1v) is 8.80. The van der Waals surface area contributed by atoms with Crippen LogP contribution in [0.25, 0.3) is 0 Å². The second-order valence-corrected chi connectivity index (χ2v) is 6.03. The van der Waals surface area contributed by atoms with Crippen LogP contribution in [0.3, 0.4) is 0 Å². The molecule has 0 saturated carbocycles. The molecule has 1 amide bonds. The van der Waals surface area contributed by atoms with E-state index in [1.165, 1.54) is 40.2 Å². The third-order valence-electron chi connectivity index (χ3n) is 3.96. The lowest BCUT2D eigenvalue weighted by atomic mass is 10.1. The number of esters is 1. The number of para-hydroxylation sites is 2. The third kappa shape index (κ3) is 5.97. The molecule has 0 bridgehead atoms. The van der Waals surface area contributed by atoms with Crippen LogP contribution in [0.5, 0.6) is 17.2 Å². The molecule has 1 atom stereocenters. The fraction of sp³-hybridized carbons (Fsp3) is 0.286. The van der Waals surface area contributed by atoms with Crippen molar-refractivity contribution in [1.29, 1.82) is 0 Å². The monoisotopic (exact) mass is 401 g/mol. The minimum Gasteiger partial charge on any atom is -0.495 e. The molecular formula is C21H23NO7. The number of hydrogen-bond acceptors (Lipinski definition) is 7. The van der Waals surface area contributed by atoms with Crippen molar-refractivity contribution in [1.82, 2.24) is 0 Å². The van der Waals surface area contributed by atoms with Crippen molar-refractivity contribution in [3.63, 3.8) is 0 Å². The number of hydrogen-bond donors (Lipinski definition) is 1. The fourth-order valence-corrected chi connectivity index (χ4v) is 2.41. The van der Waals surface area contributed by atoms with E-state index < -0.39 is 24.6 Å². The predicted molar refractivity (Wildman–Crippen MR) is 106 cm³/mol. The maximum absolute atomic E-state index is 12.3. The number of amides is 1. The summed E-state index contributed by atoms with van der Waals surface area (Å²) in [5, 5.41) is 2.64. The zero-order valence-corrected chi connectivity index (χ0v) is 16.7. The number of anilines is 1. The molecule has 2 rings (SSSR count). The van der Waals surface area contributed by atoms with E-state index in [0.717, 1.165) is 0 Å². The largest absolute Gasteiger partial charge is 0.495 e. The van der Waals surface area contributed by atoms with Gasteiger partial charge in [0, 0.05) is 5.56 Å². The Morgan fingerprint density at radius 2 is 1.66 bits per heavy atom. The van der Waals surface area contributed by atoms with E-state index in [0.29, 0.717) is 22.7 Å². The van der Waals surface area contributed by atoms with E-state index in [4.69, 9.17) is 18.9 Å². The van der Waals surface area contributed by atoms with E-state index in [9.17, 15) is 14.4 Å². The molecule has 154 valence electrons. The number of Topliss-reactive ketones (excluding diaryl/α,β-unsaturated/α-hetero) is 1. The Kier molecular flexibility index (Phi) is 7.59. The fourth-order valence-electron chi connectivity index (χ4n) is 2.41. The number of methoxy groups -OCH3 is 2. The number of nitrogens with one attached hydrogen (secondary N) is 1. The molecule has 8 heteroatoms. The van der Waals surface area contributed by atoms with Gasteiger partial charge in [-0.25, -0.2) is 4.79 Å². The number of benzene rings is 2. The highest BCUT2D eigenvalue weighted by Crippen LogP contribution is 2.28. The van der Waals surface area contributed by atoms with Gasteiger partial charge in [0.25, 0.3) is 5.91 Å². The summed E-state index contributed by atoms with van der Waals surface area (Å²) in [5.41, 5.74) is 0.924. The summed E-state index contributed by atoms with van der Waals surface area (Å²) in [6, 6.07) is 11.5. The quantitative estimate of drug-likeness (QED) is 0.509. The molecule has 8 nitrogen and oxygen atoms in total. The molecule has 0 heterocycles. The molecule has 0 radical (unpaired) electrons. The molecule has 29 heavy (non-hydrogen) atoms. The lowest BCUT2D eigenvalue weighted by Gasteiger charge is -2.16. The Labute approximate surface area is 168 Å². The first-order chi connectivity index (χ1) is 13.8. The standard InChI is InChI=1S/C21H23NO7/c1-13(23)15-9-10-18(19(11-15)27-4)28-12-20(24)29-14(2)21(25)22-16-7-5-6-8-17(16)26-3/h5-11,14H,12H2,1-4H3,(H,22,25)/t14-/m1/s1. The molecule has 0 aliphatic heterocycles. The molecule has 0 unspecified atom stereocenters. The summed E-state index contributed by atoms with van der Waals surface area (Å²) in [4.78, 5) is 35.7. The van der Waals surface area contributed by atoms with Gasteiger partial charge in [0.2, 0.25) is 0 Å². The number of ketones is 1. The number of ether oxygens (including phenoxy) is 4. The SMILES string of the molecule is COc1ccccc1NC(=O)[C@@H](C)OC(=O)COc1ccc(C(C)=O)cc1OC. The van der Waals surface area contributed by atoms with E-state index in [-0.39, 0.29) is 11.5 Å². The summed E-state index contributed by atoms with van der Waals surface area (Å²) in [6.07, 6.45) is -1.04. The Morgan fingerprint density at radius 3 is 2.31 bits per heavy atom. The Hall–Kier alpha value is -3.55. The van der Waals surface area contributed by atoms with Gasteiger partial charge in [0.1, 0.15) is 5.75 Å². The van der Waals surface area contributed by atoms with Crippen LogP contribution >= 0.6 is 0 Å². The van der Waals surface area contributed by atoms with Crippen molar-refractivity contribution in [2.45, 2.75) is 20.0 Å². The lowest BCUT2D eigenvalue weighted by molar-refractivity contribution is -0.155. The highest BCUT2D eigenvalue weighted by Gasteiger charge is 2.20. The molecule has 1 N–H and O–H groups in total. The topological polar surface area (TPSA) is 100 Å². The van der Waals surface area contributed by atoms with Gasteiger partial charge in [-0.3, -0.25) is 9.59 Å². The van der Waals surface area contributed by atoms with Crippen molar-refractivity contribution in [2.24, 2.45) is 0 Å². The molecule has 2 aromatic carbocycles. The molecule has 2 aromatic rings. The second-order valence-electron chi connectivity index (χ2n) is 6.03. The normalized spacial score (nSPS) is 11.2. The van der Waals surface area contributed by atoms with E-state index >= 15 is 0 Å². The van der Waals surface area contributed by atoms with Crippen LogP contribution in [-0.4, -0.2) is 44.6 Å². The Balaban J connectivity index is 1.91. The highest BCUT2D eigenvalue weighted by atomic mass is 16.6. The van der Waals surface area contributed by atoms with Gasteiger partial charge < -0.3 is 24.3 Å². The van der Waals surface area contributed by atoms with Crippen molar-refractivity contribution < 1.29 is 33.3 Å². The number of carbonyl (C=O) groups excluding carboxylic acids is 3. The number of rotatable bonds is 9. The lowest BCUT2D eigenvalue weighted by Crippen LogP contribution is -2.31. The molecule has 0 aliphatic rings. The molecule has 0 spiro atoms. The van der Waals surface area contributed by atoms with Gasteiger partial charge in [-0.1, -0.05) is 12.1 Å². The van der Waals surface area contributed by atoms with Gasteiger partial charge >= 0.3 is 5.97 Å². The minimum atomic E-state index is -1.04. The highest BCUT2D eigenvalue weighted by molar-refractivity contribution is 5.96. The third-order valence-corrected chi connectivity index (χ3v) is 3.96. The van der Waals surface area contributed by atoms with Gasteiger partial charge in [0.05, 0.1) is 19.9 Å². The van der Waals surface area contributed by atoms with Gasteiger partial charge in [-0.15, -0.1) is 0 Å². The van der Waals surface area contributed by atoms with Crippen LogP contribution in [-0.2, 0) is 14.3 Å². The van der Waals surface area contributed by atoms with Crippen molar-refractivity contribution in [3.05, 3.63) is 48.0 Å².